The summed E-state index contributed by atoms with van der Waals surface area (Å²) in [6, 6.07) is 0. The molecule has 1 fully saturated rings. The van der Waals surface area contributed by atoms with Crippen molar-refractivity contribution in [3.63, 3.8) is 0 Å². The largest absolute Gasteiger partial charge is 0.390 e. The van der Waals surface area contributed by atoms with Crippen LogP contribution in [0.15, 0.2) is 4.47 Å². The number of rotatable bonds is 3. The highest BCUT2D eigenvalue weighted by atomic mass is 79.9. The Bertz CT molecular complexity index is 318. The normalized spacial score (nSPS) is 16.5. The summed E-state index contributed by atoms with van der Waals surface area (Å²) >= 11 is 3.50. The lowest BCUT2D eigenvalue weighted by molar-refractivity contribution is 0.267. The molecule has 1 saturated carbocycles. The highest BCUT2D eigenvalue weighted by Crippen LogP contribution is 2.43. The van der Waals surface area contributed by atoms with Crippen LogP contribution in [0.1, 0.15) is 37.1 Å². The third-order valence-corrected chi connectivity index (χ3v) is 3.30. The molecule has 1 aliphatic rings. The van der Waals surface area contributed by atoms with Gasteiger partial charge < -0.3 is 5.11 Å². The van der Waals surface area contributed by atoms with Crippen molar-refractivity contribution in [2.75, 3.05) is 0 Å². The van der Waals surface area contributed by atoms with Crippen LogP contribution in [-0.2, 0) is 13.2 Å². The first-order valence-electron chi connectivity index (χ1n) is 4.63. The van der Waals surface area contributed by atoms with Gasteiger partial charge in [0.15, 0.2) is 0 Å². The SMILES string of the molecule is CCn1nc(C2CC2)c(Br)c1CO. The summed E-state index contributed by atoms with van der Waals surface area (Å²) in [4.78, 5) is 0. The highest BCUT2D eigenvalue weighted by Gasteiger charge is 2.30. The molecule has 1 aromatic rings. The van der Waals surface area contributed by atoms with Crippen LogP contribution in [0.5, 0.6) is 0 Å². The molecule has 1 aromatic heterocycles. The van der Waals surface area contributed by atoms with Gasteiger partial charge in [-0.2, -0.15) is 5.10 Å². The quantitative estimate of drug-likeness (QED) is 0.884. The van der Waals surface area contributed by atoms with E-state index in [1.54, 1.807) is 0 Å². The Morgan fingerprint density at radius 1 is 1.62 bits per heavy atom. The van der Waals surface area contributed by atoms with Crippen molar-refractivity contribution in [2.45, 2.75) is 38.8 Å². The number of aromatic nitrogens is 2. The fourth-order valence-corrected chi connectivity index (χ4v) is 2.26. The Balaban J connectivity index is 2.41. The maximum absolute atomic E-state index is 9.16. The van der Waals surface area contributed by atoms with E-state index in [2.05, 4.69) is 21.0 Å². The van der Waals surface area contributed by atoms with E-state index in [0.29, 0.717) is 5.92 Å². The molecule has 0 aliphatic heterocycles. The number of hydrogen-bond donors (Lipinski definition) is 1. The number of nitrogens with zero attached hydrogens (tertiary/aromatic N) is 2. The van der Waals surface area contributed by atoms with E-state index in [0.717, 1.165) is 22.4 Å². The molecule has 72 valence electrons. The highest BCUT2D eigenvalue weighted by molar-refractivity contribution is 9.10. The van der Waals surface area contributed by atoms with Gasteiger partial charge in [0.05, 0.1) is 22.5 Å². The Labute approximate surface area is 85.9 Å². The molecular weight excluding hydrogens is 232 g/mol. The van der Waals surface area contributed by atoms with Crippen molar-refractivity contribution in [1.82, 2.24) is 9.78 Å². The zero-order chi connectivity index (χ0) is 9.42. The van der Waals surface area contributed by atoms with Gasteiger partial charge in [0, 0.05) is 12.5 Å². The van der Waals surface area contributed by atoms with Gasteiger partial charge in [-0.25, -0.2) is 0 Å². The van der Waals surface area contributed by atoms with E-state index in [9.17, 15) is 0 Å². The fraction of sp³-hybridized carbons (Fsp3) is 0.667. The molecule has 0 saturated heterocycles. The van der Waals surface area contributed by atoms with E-state index >= 15 is 0 Å². The second kappa shape index (κ2) is 3.42. The number of aliphatic hydroxyl groups is 1. The predicted molar refractivity (Wildman–Crippen MR) is 53.5 cm³/mol. The molecule has 13 heavy (non-hydrogen) atoms. The van der Waals surface area contributed by atoms with E-state index < -0.39 is 0 Å². The smallest absolute Gasteiger partial charge is 0.0861 e. The maximum Gasteiger partial charge on any atom is 0.0861 e. The van der Waals surface area contributed by atoms with Crippen molar-refractivity contribution in [1.29, 1.82) is 0 Å². The van der Waals surface area contributed by atoms with E-state index in [1.165, 1.54) is 12.8 Å². The first kappa shape index (κ1) is 9.21. The van der Waals surface area contributed by atoms with Gasteiger partial charge >= 0.3 is 0 Å². The first-order valence-corrected chi connectivity index (χ1v) is 5.43. The Morgan fingerprint density at radius 2 is 2.31 bits per heavy atom. The van der Waals surface area contributed by atoms with Crippen molar-refractivity contribution >= 4 is 15.9 Å². The molecule has 1 N–H and O–H groups in total. The minimum atomic E-state index is 0.0636. The van der Waals surface area contributed by atoms with Crippen LogP contribution in [0.25, 0.3) is 0 Å². The van der Waals surface area contributed by atoms with Gasteiger partial charge in [-0.3, -0.25) is 4.68 Å². The van der Waals surface area contributed by atoms with Gasteiger partial charge in [-0.05, 0) is 35.7 Å². The molecule has 0 spiro atoms. The van der Waals surface area contributed by atoms with Gasteiger partial charge in [-0.1, -0.05) is 0 Å². The summed E-state index contributed by atoms with van der Waals surface area (Å²) in [6.45, 7) is 2.92. The van der Waals surface area contributed by atoms with Gasteiger partial charge in [-0.15, -0.1) is 0 Å². The summed E-state index contributed by atoms with van der Waals surface area (Å²) in [6.07, 6.45) is 2.48. The third kappa shape index (κ3) is 1.53. The molecule has 0 radical (unpaired) electrons. The lowest BCUT2D eigenvalue weighted by atomic mass is 10.3. The second-order valence-electron chi connectivity index (χ2n) is 3.39. The second-order valence-corrected chi connectivity index (χ2v) is 4.19. The number of aryl methyl sites for hydroxylation is 1. The van der Waals surface area contributed by atoms with Crippen molar-refractivity contribution in [3.8, 4) is 0 Å². The number of hydrogen-bond acceptors (Lipinski definition) is 2. The van der Waals surface area contributed by atoms with Crippen molar-refractivity contribution < 1.29 is 5.11 Å². The minimum absolute atomic E-state index is 0.0636. The monoisotopic (exact) mass is 244 g/mol. The molecule has 1 heterocycles. The molecule has 4 heteroatoms. The van der Waals surface area contributed by atoms with Gasteiger partial charge in [0.1, 0.15) is 0 Å². The summed E-state index contributed by atoms with van der Waals surface area (Å²) in [5, 5.41) is 13.6. The zero-order valence-corrected chi connectivity index (χ0v) is 9.21. The molecule has 1 aliphatic carbocycles. The number of aliphatic hydroxyl groups excluding tert-OH is 1. The predicted octanol–water partition coefficient (Wildman–Crippen LogP) is 2.04. The van der Waals surface area contributed by atoms with Gasteiger partial charge in [0.2, 0.25) is 0 Å². The summed E-state index contributed by atoms with van der Waals surface area (Å²) in [5.74, 6) is 0.632. The third-order valence-electron chi connectivity index (χ3n) is 2.43. The Morgan fingerprint density at radius 3 is 2.69 bits per heavy atom. The van der Waals surface area contributed by atoms with Crippen LogP contribution in [0.4, 0.5) is 0 Å². The maximum atomic E-state index is 9.16. The van der Waals surface area contributed by atoms with E-state index in [1.807, 2.05) is 11.6 Å². The molecule has 0 amide bonds. The molecule has 0 atom stereocenters. The van der Waals surface area contributed by atoms with Crippen LogP contribution in [0, 0.1) is 0 Å². The van der Waals surface area contributed by atoms with Crippen LogP contribution in [0.2, 0.25) is 0 Å². The summed E-state index contributed by atoms with van der Waals surface area (Å²) in [7, 11) is 0. The lowest BCUT2D eigenvalue weighted by Crippen LogP contribution is -2.02. The van der Waals surface area contributed by atoms with Crippen LogP contribution < -0.4 is 0 Å². The standard InChI is InChI=1S/C9H13BrN2O/c1-2-12-7(5-13)8(10)9(11-12)6-3-4-6/h6,13H,2-5H2,1H3. The average Bonchev–Trinajstić information content (AvgIpc) is 2.91. The Hall–Kier alpha value is -0.350. The van der Waals surface area contributed by atoms with Crippen molar-refractivity contribution in [3.05, 3.63) is 15.9 Å². The summed E-state index contributed by atoms with van der Waals surface area (Å²) in [5.41, 5.74) is 2.04. The molecule has 0 bridgehead atoms. The lowest BCUT2D eigenvalue weighted by Gasteiger charge is -1.99. The van der Waals surface area contributed by atoms with Crippen LogP contribution in [-0.4, -0.2) is 14.9 Å². The van der Waals surface area contributed by atoms with Crippen LogP contribution >= 0.6 is 15.9 Å². The molecule has 2 rings (SSSR count). The van der Waals surface area contributed by atoms with Crippen molar-refractivity contribution in [2.24, 2.45) is 0 Å². The Kier molecular flexibility index (Phi) is 2.43. The van der Waals surface area contributed by atoms with E-state index in [4.69, 9.17) is 5.11 Å². The van der Waals surface area contributed by atoms with Gasteiger partial charge in [0.25, 0.3) is 0 Å². The van der Waals surface area contributed by atoms with E-state index in [-0.39, 0.29) is 6.61 Å². The summed E-state index contributed by atoms with van der Waals surface area (Å²) < 4.78 is 2.89. The fourth-order valence-electron chi connectivity index (χ4n) is 1.53. The molecule has 3 nitrogen and oxygen atoms in total. The topological polar surface area (TPSA) is 38.0 Å². The average molecular weight is 245 g/mol. The minimum Gasteiger partial charge on any atom is -0.390 e. The zero-order valence-electron chi connectivity index (χ0n) is 7.63. The first-order chi connectivity index (χ1) is 6.27. The number of halogens is 1. The molecular formula is C9H13BrN2O. The molecule has 0 aromatic carbocycles. The molecule has 0 unspecified atom stereocenters. The van der Waals surface area contributed by atoms with Crippen LogP contribution in [0.3, 0.4) is 0 Å².